The second kappa shape index (κ2) is 8.03. The average molecular weight is 290 g/mol. The van der Waals surface area contributed by atoms with E-state index in [1.165, 1.54) is 18.4 Å². The lowest BCUT2D eigenvalue weighted by molar-refractivity contribution is -0.136. The number of hydrogen-bond acceptors (Lipinski definition) is 3. The lowest BCUT2D eigenvalue weighted by atomic mass is 10.1. The fourth-order valence-corrected chi connectivity index (χ4v) is 2.73. The minimum Gasteiger partial charge on any atom is -0.399 e. The number of nitrogens with two attached hydrogens (primary N) is 1. The molecule has 1 fully saturated rings. The molecule has 1 atom stereocenters. The molecule has 0 saturated heterocycles. The van der Waals surface area contributed by atoms with Gasteiger partial charge in [-0.2, -0.15) is 0 Å². The van der Waals surface area contributed by atoms with Gasteiger partial charge in [-0.1, -0.05) is 31.9 Å². The number of nitrogen functional groups attached to an aromatic ring is 1. The molecule has 0 heterocycles. The maximum Gasteiger partial charge on any atom is 0.249 e. The van der Waals surface area contributed by atoms with Crippen molar-refractivity contribution in [3.63, 3.8) is 0 Å². The van der Waals surface area contributed by atoms with Crippen LogP contribution in [0.5, 0.6) is 0 Å². The molecule has 1 aromatic carbocycles. The van der Waals surface area contributed by atoms with E-state index in [9.17, 15) is 4.79 Å². The topological polar surface area (TPSA) is 64.3 Å². The molecule has 0 bridgehead atoms. The minimum atomic E-state index is -0.306. The van der Waals surface area contributed by atoms with Gasteiger partial charge in [0.05, 0.1) is 6.10 Å². The zero-order valence-electron chi connectivity index (χ0n) is 12.8. The van der Waals surface area contributed by atoms with Gasteiger partial charge in [0.1, 0.15) is 6.10 Å². The van der Waals surface area contributed by atoms with Crippen LogP contribution in [-0.4, -0.2) is 24.7 Å². The zero-order valence-corrected chi connectivity index (χ0v) is 12.8. The first-order valence-corrected chi connectivity index (χ1v) is 7.96. The number of amides is 1. The second-order valence-electron chi connectivity index (χ2n) is 5.72. The molecule has 0 aliphatic heterocycles. The van der Waals surface area contributed by atoms with E-state index in [1.807, 2.05) is 31.2 Å². The van der Waals surface area contributed by atoms with Crippen LogP contribution in [-0.2, 0) is 16.0 Å². The number of rotatable bonds is 7. The van der Waals surface area contributed by atoms with E-state index in [4.69, 9.17) is 10.5 Å². The van der Waals surface area contributed by atoms with Crippen LogP contribution in [0.1, 0.15) is 44.6 Å². The highest BCUT2D eigenvalue weighted by atomic mass is 16.5. The summed E-state index contributed by atoms with van der Waals surface area (Å²) < 4.78 is 5.91. The Morgan fingerprint density at radius 1 is 1.33 bits per heavy atom. The summed E-state index contributed by atoms with van der Waals surface area (Å²) in [5.41, 5.74) is 7.59. The number of nitrogens with one attached hydrogen (secondary N) is 1. The van der Waals surface area contributed by atoms with Gasteiger partial charge in [-0.05, 0) is 43.4 Å². The van der Waals surface area contributed by atoms with Crippen molar-refractivity contribution in [1.29, 1.82) is 0 Å². The second-order valence-corrected chi connectivity index (χ2v) is 5.72. The van der Waals surface area contributed by atoms with Crippen molar-refractivity contribution >= 4 is 11.6 Å². The van der Waals surface area contributed by atoms with Gasteiger partial charge in [-0.15, -0.1) is 0 Å². The highest BCUT2D eigenvalue weighted by molar-refractivity contribution is 5.80. The Labute approximate surface area is 127 Å². The fourth-order valence-electron chi connectivity index (χ4n) is 2.73. The molecule has 21 heavy (non-hydrogen) atoms. The first-order chi connectivity index (χ1) is 10.2. The molecule has 1 aliphatic carbocycles. The molecule has 0 spiro atoms. The zero-order chi connectivity index (χ0) is 15.1. The van der Waals surface area contributed by atoms with Crippen LogP contribution in [0.3, 0.4) is 0 Å². The van der Waals surface area contributed by atoms with Crippen LogP contribution in [0.4, 0.5) is 5.69 Å². The smallest absolute Gasteiger partial charge is 0.249 e. The van der Waals surface area contributed by atoms with Crippen molar-refractivity contribution in [3.05, 3.63) is 29.8 Å². The van der Waals surface area contributed by atoms with Gasteiger partial charge in [0.2, 0.25) is 5.91 Å². The largest absolute Gasteiger partial charge is 0.399 e. The average Bonchev–Trinajstić information content (AvgIpc) is 2.99. The summed E-state index contributed by atoms with van der Waals surface area (Å²) in [4.78, 5) is 12.2. The third-order valence-electron chi connectivity index (χ3n) is 4.01. The molecule has 1 amide bonds. The Kier molecular flexibility index (Phi) is 6.05. The normalized spacial score (nSPS) is 16.8. The molecule has 1 unspecified atom stereocenters. The predicted octanol–water partition coefficient (Wildman–Crippen LogP) is 2.67. The molecule has 3 N–H and O–H groups in total. The molecule has 116 valence electrons. The van der Waals surface area contributed by atoms with Gasteiger partial charge in [0.25, 0.3) is 0 Å². The Morgan fingerprint density at radius 2 is 2.00 bits per heavy atom. The fraction of sp³-hybridized carbons (Fsp3) is 0.588. The van der Waals surface area contributed by atoms with Gasteiger partial charge in [-0.25, -0.2) is 0 Å². The van der Waals surface area contributed by atoms with Crippen LogP contribution >= 0.6 is 0 Å². The summed E-state index contributed by atoms with van der Waals surface area (Å²) in [5, 5.41) is 2.98. The Morgan fingerprint density at radius 3 is 2.62 bits per heavy atom. The lowest BCUT2D eigenvalue weighted by Gasteiger charge is -2.20. The van der Waals surface area contributed by atoms with E-state index in [1.54, 1.807) is 0 Å². The molecular formula is C17H26N2O2. The molecule has 1 aliphatic rings. The summed E-state index contributed by atoms with van der Waals surface area (Å²) in [7, 11) is 0. The van der Waals surface area contributed by atoms with Crippen molar-refractivity contribution in [1.82, 2.24) is 5.32 Å². The standard InChI is InChI=1S/C17H26N2O2/c1-2-16(21-15-5-3-4-6-15)17(20)19-12-11-13-7-9-14(18)10-8-13/h7-10,15-16H,2-6,11-12,18H2,1H3,(H,19,20). The predicted molar refractivity (Wildman–Crippen MR) is 85.0 cm³/mol. The highest BCUT2D eigenvalue weighted by Crippen LogP contribution is 2.22. The minimum absolute atomic E-state index is 0.0137. The van der Waals surface area contributed by atoms with E-state index in [0.717, 1.165) is 31.4 Å². The number of carbonyl (C=O) groups is 1. The summed E-state index contributed by atoms with van der Waals surface area (Å²) in [6.45, 7) is 2.63. The van der Waals surface area contributed by atoms with Crippen LogP contribution in [0.2, 0.25) is 0 Å². The molecule has 4 heteroatoms. The van der Waals surface area contributed by atoms with Crippen molar-refractivity contribution in [2.45, 2.75) is 57.7 Å². The Bertz CT molecular complexity index is 439. The van der Waals surface area contributed by atoms with Crippen molar-refractivity contribution < 1.29 is 9.53 Å². The molecular weight excluding hydrogens is 264 g/mol. The Hall–Kier alpha value is -1.55. The van der Waals surface area contributed by atoms with Gasteiger partial charge in [0, 0.05) is 12.2 Å². The van der Waals surface area contributed by atoms with Crippen LogP contribution in [0.25, 0.3) is 0 Å². The van der Waals surface area contributed by atoms with Crippen LogP contribution in [0, 0.1) is 0 Å². The number of carbonyl (C=O) groups excluding carboxylic acids is 1. The Balaban J connectivity index is 1.72. The van der Waals surface area contributed by atoms with E-state index in [2.05, 4.69) is 5.32 Å². The number of benzene rings is 1. The molecule has 0 aromatic heterocycles. The summed E-state index contributed by atoms with van der Waals surface area (Å²) in [5.74, 6) is 0.0137. The third kappa shape index (κ3) is 5.05. The molecule has 2 rings (SSSR count). The van der Waals surface area contributed by atoms with E-state index < -0.39 is 0 Å². The number of ether oxygens (including phenoxy) is 1. The number of anilines is 1. The molecule has 4 nitrogen and oxygen atoms in total. The van der Waals surface area contributed by atoms with E-state index in [0.29, 0.717) is 6.54 Å². The first-order valence-electron chi connectivity index (χ1n) is 7.96. The SMILES string of the molecule is CCC(OC1CCCC1)C(=O)NCCc1ccc(N)cc1. The summed E-state index contributed by atoms with van der Waals surface area (Å²) in [6, 6.07) is 7.76. The molecule has 0 radical (unpaired) electrons. The van der Waals surface area contributed by atoms with Crippen LogP contribution in [0.15, 0.2) is 24.3 Å². The maximum absolute atomic E-state index is 12.2. The quantitative estimate of drug-likeness (QED) is 0.759. The maximum atomic E-state index is 12.2. The van der Waals surface area contributed by atoms with Gasteiger partial charge in [-0.3, -0.25) is 4.79 Å². The molecule has 1 aromatic rings. The van der Waals surface area contributed by atoms with Crippen molar-refractivity contribution in [2.24, 2.45) is 0 Å². The van der Waals surface area contributed by atoms with E-state index >= 15 is 0 Å². The molecule has 1 saturated carbocycles. The van der Waals surface area contributed by atoms with Gasteiger partial charge in [0.15, 0.2) is 0 Å². The third-order valence-corrected chi connectivity index (χ3v) is 4.01. The van der Waals surface area contributed by atoms with Crippen molar-refractivity contribution in [2.75, 3.05) is 12.3 Å². The van der Waals surface area contributed by atoms with Gasteiger partial charge >= 0.3 is 0 Å². The highest BCUT2D eigenvalue weighted by Gasteiger charge is 2.23. The lowest BCUT2D eigenvalue weighted by Crippen LogP contribution is -2.38. The summed E-state index contributed by atoms with van der Waals surface area (Å²) in [6.07, 6.45) is 6.14. The van der Waals surface area contributed by atoms with Crippen LogP contribution < -0.4 is 11.1 Å². The van der Waals surface area contributed by atoms with Gasteiger partial charge < -0.3 is 15.8 Å². The monoisotopic (exact) mass is 290 g/mol. The van der Waals surface area contributed by atoms with Crippen molar-refractivity contribution in [3.8, 4) is 0 Å². The van der Waals surface area contributed by atoms with E-state index in [-0.39, 0.29) is 18.1 Å². The summed E-state index contributed by atoms with van der Waals surface area (Å²) >= 11 is 0. The number of hydrogen-bond donors (Lipinski definition) is 2. The first kappa shape index (κ1) is 15.8.